The third-order valence-electron chi connectivity index (χ3n) is 6.03. The fraction of sp³-hybridized carbons (Fsp3) is 0.526. The van der Waals surface area contributed by atoms with Gasteiger partial charge in [0.1, 0.15) is 5.69 Å². The summed E-state index contributed by atoms with van der Waals surface area (Å²) >= 11 is 6.03. The number of fused-ring (bicyclic) bond motifs is 2. The van der Waals surface area contributed by atoms with Crippen molar-refractivity contribution in [2.45, 2.75) is 38.2 Å². The second-order valence-corrected chi connectivity index (χ2v) is 7.78. The molecule has 128 valence electrons. The van der Waals surface area contributed by atoms with Gasteiger partial charge in [0.05, 0.1) is 5.60 Å². The van der Waals surface area contributed by atoms with Crippen LogP contribution in [0.1, 0.15) is 43.1 Å². The Morgan fingerprint density at radius 1 is 1.42 bits per heavy atom. The number of rotatable bonds is 2. The molecule has 1 saturated carbocycles. The molecule has 4 nitrogen and oxygen atoms in total. The van der Waals surface area contributed by atoms with Gasteiger partial charge in [0, 0.05) is 34.9 Å². The number of hydrogen-bond acceptors (Lipinski definition) is 2. The van der Waals surface area contributed by atoms with Gasteiger partial charge in [0.25, 0.3) is 5.91 Å². The molecule has 1 saturated heterocycles. The van der Waals surface area contributed by atoms with E-state index in [1.54, 1.807) is 0 Å². The van der Waals surface area contributed by atoms with Gasteiger partial charge >= 0.3 is 0 Å². The highest BCUT2D eigenvalue weighted by molar-refractivity contribution is 6.31. The van der Waals surface area contributed by atoms with E-state index in [1.165, 1.54) is 0 Å². The quantitative estimate of drug-likeness (QED) is 0.868. The molecule has 2 heterocycles. The number of aromatic nitrogens is 1. The largest absolute Gasteiger partial charge is 0.390 e. The topological polar surface area (TPSA) is 56.3 Å². The number of benzene rings is 1. The van der Waals surface area contributed by atoms with Crippen LogP contribution in [0.3, 0.4) is 0 Å². The third-order valence-corrected chi connectivity index (χ3v) is 6.26. The number of aliphatic hydroxyl groups is 1. The Bertz CT molecular complexity index is 787. The van der Waals surface area contributed by atoms with E-state index in [4.69, 9.17) is 11.6 Å². The van der Waals surface area contributed by atoms with E-state index in [9.17, 15) is 9.90 Å². The fourth-order valence-electron chi connectivity index (χ4n) is 4.62. The van der Waals surface area contributed by atoms with E-state index >= 15 is 0 Å². The van der Waals surface area contributed by atoms with Crippen molar-refractivity contribution >= 4 is 28.4 Å². The molecule has 2 fully saturated rings. The number of carbonyl (C=O) groups is 1. The Hall–Kier alpha value is -1.52. The van der Waals surface area contributed by atoms with Crippen LogP contribution in [0.15, 0.2) is 24.3 Å². The van der Waals surface area contributed by atoms with Gasteiger partial charge in [-0.3, -0.25) is 4.79 Å². The molecule has 24 heavy (non-hydrogen) atoms. The smallest absolute Gasteiger partial charge is 0.270 e. The molecule has 4 rings (SSSR count). The first-order valence-electron chi connectivity index (χ1n) is 8.80. The number of amides is 1. The Morgan fingerprint density at radius 3 is 3.04 bits per heavy atom. The van der Waals surface area contributed by atoms with Crippen LogP contribution >= 0.6 is 11.6 Å². The Labute approximate surface area is 146 Å². The molecule has 1 aromatic carbocycles. The van der Waals surface area contributed by atoms with Gasteiger partial charge in [0.2, 0.25) is 0 Å². The van der Waals surface area contributed by atoms with Crippen LogP contribution in [0.2, 0.25) is 5.02 Å². The number of likely N-dealkylation sites (tertiary alicyclic amines) is 1. The molecule has 0 radical (unpaired) electrons. The van der Waals surface area contributed by atoms with Gasteiger partial charge in [0.15, 0.2) is 0 Å². The van der Waals surface area contributed by atoms with Crippen molar-refractivity contribution < 1.29 is 9.90 Å². The summed E-state index contributed by atoms with van der Waals surface area (Å²) in [5.41, 5.74) is 0.918. The standard InChI is InChI=1S/C19H23ClN2O2/c1-2-19(24)7-3-4-12-10-22(11-15(12)19)18(23)17-9-13-8-14(20)5-6-16(13)21-17/h5-6,8-9,12,15,21,24H,2-4,7,10-11H2,1H3/t12-,15+,19-/m1/s1. The number of nitrogens with one attached hydrogen (secondary N) is 1. The van der Waals surface area contributed by atoms with Crippen LogP contribution < -0.4 is 0 Å². The van der Waals surface area contributed by atoms with E-state index in [1.807, 2.05) is 36.1 Å². The fourth-order valence-corrected chi connectivity index (χ4v) is 4.80. The van der Waals surface area contributed by atoms with Gasteiger partial charge in [-0.25, -0.2) is 0 Å². The van der Waals surface area contributed by atoms with Gasteiger partial charge in [-0.1, -0.05) is 24.9 Å². The van der Waals surface area contributed by atoms with Crippen LogP contribution in [0.4, 0.5) is 0 Å². The maximum absolute atomic E-state index is 12.9. The first-order chi connectivity index (χ1) is 11.5. The second-order valence-electron chi connectivity index (χ2n) is 7.34. The van der Waals surface area contributed by atoms with E-state index in [0.29, 0.717) is 23.2 Å². The second kappa shape index (κ2) is 5.78. The van der Waals surface area contributed by atoms with E-state index in [0.717, 1.165) is 43.1 Å². The molecule has 1 aromatic heterocycles. The van der Waals surface area contributed by atoms with Gasteiger partial charge < -0.3 is 15.0 Å². The maximum atomic E-state index is 12.9. The molecule has 5 heteroatoms. The number of nitrogens with zero attached hydrogens (tertiary/aromatic N) is 1. The molecule has 2 N–H and O–H groups in total. The molecule has 1 aliphatic carbocycles. The van der Waals surface area contributed by atoms with Crippen molar-refractivity contribution in [3.8, 4) is 0 Å². The normalized spacial score (nSPS) is 29.9. The molecule has 0 bridgehead atoms. The van der Waals surface area contributed by atoms with E-state index < -0.39 is 5.60 Å². The zero-order chi connectivity index (χ0) is 16.9. The van der Waals surface area contributed by atoms with Gasteiger partial charge in [-0.15, -0.1) is 0 Å². The summed E-state index contributed by atoms with van der Waals surface area (Å²) in [7, 11) is 0. The zero-order valence-corrected chi connectivity index (χ0v) is 14.6. The molecular formula is C19H23ClN2O2. The maximum Gasteiger partial charge on any atom is 0.270 e. The van der Waals surface area contributed by atoms with Gasteiger partial charge in [-0.2, -0.15) is 0 Å². The van der Waals surface area contributed by atoms with Crippen molar-refractivity contribution in [3.63, 3.8) is 0 Å². The predicted octanol–water partition coefficient (Wildman–Crippen LogP) is 3.83. The van der Waals surface area contributed by atoms with Crippen LogP contribution in [0.25, 0.3) is 10.9 Å². The molecule has 2 aliphatic rings. The Balaban J connectivity index is 1.58. The molecule has 2 aromatic rings. The molecule has 0 spiro atoms. The summed E-state index contributed by atoms with van der Waals surface area (Å²) in [6.07, 6.45) is 3.79. The van der Waals surface area contributed by atoms with Crippen molar-refractivity contribution in [2.75, 3.05) is 13.1 Å². The summed E-state index contributed by atoms with van der Waals surface area (Å²) in [4.78, 5) is 18.0. The van der Waals surface area contributed by atoms with Crippen LogP contribution in [-0.2, 0) is 0 Å². The number of carbonyl (C=O) groups excluding carboxylic acids is 1. The summed E-state index contributed by atoms with van der Waals surface area (Å²) in [5.74, 6) is 0.653. The highest BCUT2D eigenvalue weighted by atomic mass is 35.5. The Morgan fingerprint density at radius 2 is 2.25 bits per heavy atom. The van der Waals surface area contributed by atoms with E-state index in [2.05, 4.69) is 4.98 Å². The van der Waals surface area contributed by atoms with Crippen molar-refractivity contribution in [2.24, 2.45) is 11.8 Å². The average molecular weight is 347 g/mol. The van der Waals surface area contributed by atoms with Crippen LogP contribution in [0, 0.1) is 11.8 Å². The predicted molar refractivity (Wildman–Crippen MR) is 95.3 cm³/mol. The molecule has 1 amide bonds. The summed E-state index contributed by atoms with van der Waals surface area (Å²) in [6, 6.07) is 7.45. The molecule has 0 unspecified atom stereocenters. The number of aromatic amines is 1. The van der Waals surface area contributed by atoms with Gasteiger partial charge in [-0.05, 0) is 49.4 Å². The minimum atomic E-state index is -0.605. The lowest BCUT2D eigenvalue weighted by atomic mass is 9.69. The monoisotopic (exact) mass is 346 g/mol. The minimum Gasteiger partial charge on any atom is -0.390 e. The lowest BCUT2D eigenvalue weighted by Gasteiger charge is -2.40. The number of hydrogen-bond donors (Lipinski definition) is 2. The molecule has 3 atom stereocenters. The van der Waals surface area contributed by atoms with Crippen LogP contribution in [0.5, 0.6) is 0 Å². The van der Waals surface area contributed by atoms with Crippen LogP contribution in [-0.4, -0.2) is 39.6 Å². The number of halogens is 1. The Kier molecular flexibility index (Phi) is 3.85. The minimum absolute atomic E-state index is 0.0233. The molecule has 1 aliphatic heterocycles. The average Bonchev–Trinajstić information content (AvgIpc) is 3.18. The third kappa shape index (κ3) is 2.52. The SMILES string of the molecule is CC[C@@]1(O)CCC[C@@H]2CN(C(=O)c3cc4cc(Cl)ccc4[nH]3)C[C@@H]21. The summed E-state index contributed by atoms with van der Waals surface area (Å²) in [5, 5.41) is 12.5. The first-order valence-corrected chi connectivity index (χ1v) is 9.18. The first kappa shape index (κ1) is 16.0. The lowest BCUT2D eigenvalue weighted by Crippen LogP contribution is -2.44. The summed E-state index contributed by atoms with van der Waals surface area (Å²) < 4.78 is 0. The lowest BCUT2D eigenvalue weighted by molar-refractivity contribution is -0.0609. The summed E-state index contributed by atoms with van der Waals surface area (Å²) in [6.45, 7) is 3.46. The number of H-pyrrole nitrogens is 1. The highest BCUT2D eigenvalue weighted by Gasteiger charge is 2.48. The van der Waals surface area contributed by atoms with Crippen molar-refractivity contribution in [1.29, 1.82) is 0 Å². The van der Waals surface area contributed by atoms with E-state index in [-0.39, 0.29) is 11.8 Å². The van der Waals surface area contributed by atoms with Crippen molar-refractivity contribution in [3.05, 3.63) is 35.0 Å². The highest BCUT2D eigenvalue weighted by Crippen LogP contribution is 2.44. The zero-order valence-electron chi connectivity index (χ0n) is 13.9. The van der Waals surface area contributed by atoms with Crippen molar-refractivity contribution in [1.82, 2.24) is 9.88 Å². The molecular weight excluding hydrogens is 324 g/mol.